The Kier molecular flexibility index (Phi) is 2.98. The van der Waals surface area contributed by atoms with Crippen molar-refractivity contribution in [3.63, 3.8) is 0 Å². The molecule has 1 aliphatic heterocycles. The summed E-state index contributed by atoms with van der Waals surface area (Å²) < 4.78 is 5.17. The molecular formula is C15H19NO2. The summed E-state index contributed by atoms with van der Waals surface area (Å²) in [6, 6.07) is 8.24. The van der Waals surface area contributed by atoms with E-state index in [1.54, 1.807) is 7.11 Å². The molecule has 1 aliphatic carbocycles. The molecule has 2 fully saturated rings. The highest BCUT2D eigenvalue weighted by Gasteiger charge is 2.36. The van der Waals surface area contributed by atoms with Crippen molar-refractivity contribution in [3.05, 3.63) is 29.8 Å². The number of hydrogen-bond acceptors (Lipinski definition) is 2. The first-order chi connectivity index (χ1) is 8.78. The molecule has 0 radical (unpaired) electrons. The average molecular weight is 245 g/mol. The maximum Gasteiger partial charge on any atom is 0.225 e. The molecule has 3 heteroatoms. The fourth-order valence-corrected chi connectivity index (χ4v) is 2.70. The van der Waals surface area contributed by atoms with Crippen LogP contribution in [-0.2, 0) is 4.79 Å². The first kappa shape index (κ1) is 11.6. The summed E-state index contributed by atoms with van der Waals surface area (Å²) in [4.78, 5) is 14.0. The first-order valence-electron chi connectivity index (χ1n) is 6.70. The molecule has 18 heavy (non-hydrogen) atoms. The van der Waals surface area contributed by atoms with Crippen LogP contribution in [0, 0.1) is 5.92 Å². The van der Waals surface area contributed by atoms with Gasteiger partial charge in [-0.05, 0) is 37.0 Å². The fraction of sp³-hybridized carbons (Fsp3) is 0.533. The molecule has 1 unspecified atom stereocenters. The number of carbonyl (C=O) groups excluding carboxylic acids is 1. The van der Waals surface area contributed by atoms with Crippen LogP contribution in [0.2, 0.25) is 0 Å². The Morgan fingerprint density at radius 1 is 1.22 bits per heavy atom. The van der Waals surface area contributed by atoms with Gasteiger partial charge in [-0.15, -0.1) is 0 Å². The van der Waals surface area contributed by atoms with Crippen molar-refractivity contribution in [1.29, 1.82) is 0 Å². The summed E-state index contributed by atoms with van der Waals surface area (Å²) in [5, 5.41) is 0. The predicted molar refractivity (Wildman–Crippen MR) is 69.7 cm³/mol. The zero-order chi connectivity index (χ0) is 12.5. The number of ether oxygens (including phenoxy) is 1. The molecule has 1 saturated heterocycles. The van der Waals surface area contributed by atoms with E-state index in [4.69, 9.17) is 4.74 Å². The van der Waals surface area contributed by atoms with Gasteiger partial charge < -0.3 is 9.64 Å². The van der Waals surface area contributed by atoms with E-state index in [-0.39, 0.29) is 0 Å². The van der Waals surface area contributed by atoms with Gasteiger partial charge in [0.05, 0.1) is 7.11 Å². The van der Waals surface area contributed by atoms with Crippen LogP contribution in [0.4, 0.5) is 0 Å². The number of carbonyl (C=O) groups is 1. The molecule has 2 aliphatic rings. The molecule has 3 nitrogen and oxygen atoms in total. The van der Waals surface area contributed by atoms with E-state index in [0.29, 0.717) is 17.7 Å². The second kappa shape index (κ2) is 4.63. The third-order valence-electron chi connectivity index (χ3n) is 4.01. The van der Waals surface area contributed by atoms with Crippen LogP contribution in [0.3, 0.4) is 0 Å². The van der Waals surface area contributed by atoms with Crippen molar-refractivity contribution in [2.24, 2.45) is 5.92 Å². The van der Waals surface area contributed by atoms with Gasteiger partial charge in [-0.25, -0.2) is 0 Å². The lowest BCUT2D eigenvalue weighted by molar-refractivity contribution is -0.131. The summed E-state index contributed by atoms with van der Waals surface area (Å²) in [6.45, 7) is 1.81. The molecule has 1 aromatic carbocycles. The van der Waals surface area contributed by atoms with E-state index in [2.05, 4.69) is 12.1 Å². The van der Waals surface area contributed by atoms with Gasteiger partial charge in [0, 0.05) is 24.9 Å². The number of hydrogen-bond donors (Lipinski definition) is 0. The Hall–Kier alpha value is -1.51. The van der Waals surface area contributed by atoms with Crippen molar-refractivity contribution in [2.75, 3.05) is 20.2 Å². The lowest BCUT2D eigenvalue weighted by atomic mass is 9.98. The van der Waals surface area contributed by atoms with Crippen LogP contribution in [0.1, 0.15) is 30.7 Å². The Labute approximate surface area is 108 Å². The van der Waals surface area contributed by atoms with E-state index < -0.39 is 0 Å². The number of nitrogens with zero attached hydrogens (tertiary/aromatic N) is 1. The molecule has 0 spiro atoms. The number of benzene rings is 1. The van der Waals surface area contributed by atoms with E-state index in [1.165, 1.54) is 5.56 Å². The van der Waals surface area contributed by atoms with E-state index in [0.717, 1.165) is 38.1 Å². The third-order valence-corrected chi connectivity index (χ3v) is 4.01. The standard InChI is InChI=1S/C15H19NO2/c1-18-14-6-4-11(5-7-14)13-8-9-16(10-13)15(17)12-2-3-12/h4-7,12-13H,2-3,8-10H2,1H3. The number of amides is 1. The number of methoxy groups -OCH3 is 1. The van der Waals surface area contributed by atoms with Gasteiger partial charge in [-0.2, -0.15) is 0 Å². The smallest absolute Gasteiger partial charge is 0.225 e. The maximum absolute atomic E-state index is 12.0. The average Bonchev–Trinajstić information content (AvgIpc) is 3.15. The molecule has 3 rings (SSSR count). The monoisotopic (exact) mass is 245 g/mol. The highest BCUT2D eigenvalue weighted by atomic mass is 16.5. The molecule has 0 bridgehead atoms. The van der Waals surface area contributed by atoms with Crippen LogP contribution in [-0.4, -0.2) is 31.0 Å². The van der Waals surface area contributed by atoms with Crippen LogP contribution in [0.5, 0.6) is 5.75 Å². The second-order valence-electron chi connectivity index (χ2n) is 5.32. The zero-order valence-corrected chi connectivity index (χ0v) is 10.8. The van der Waals surface area contributed by atoms with Gasteiger partial charge in [-0.1, -0.05) is 12.1 Å². The summed E-state index contributed by atoms with van der Waals surface area (Å²) in [6.07, 6.45) is 3.29. The van der Waals surface area contributed by atoms with Crippen LogP contribution >= 0.6 is 0 Å². The maximum atomic E-state index is 12.0. The van der Waals surface area contributed by atoms with Crippen LogP contribution < -0.4 is 4.74 Å². The van der Waals surface area contributed by atoms with E-state index >= 15 is 0 Å². The van der Waals surface area contributed by atoms with Gasteiger partial charge in [0.15, 0.2) is 0 Å². The minimum Gasteiger partial charge on any atom is -0.497 e. The van der Waals surface area contributed by atoms with Crippen molar-refractivity contribution < 1.29 is 9.53 Å². The molecule has 1 heterocycles. The van der Waals surface area contributed by atoms with Gasteiger partial charge in [-0.3, -0.25) is 4.79 Å². The molecule has 1 amide bonds. The minimum absolute atomic E-state index is 0.347. The highest BCUT2D eigenvalue weighted by Crippen LogP contribution is 2.35. The lowest BCUT2D eigenvalue weighted by Crippen LogP contribution is -2.29. The molecule has 1 atom stereocenters. The number of likely N-dealkylation sites (tertiary alicyclic amines) is 1. The Morgan fingerprint density at radius 2 is 1.94 bits per heavy atom. The van der Waals surface area contributed by atoms with Gasteiger partial charge in [0.25, 0.3) is 0 Å². The van der Waals surface area contributed by atoms with Crippen molar-refractivity contribution in [3.8, 4) is 5.75 Å². The number of rotatable bonds is 3. The van der Waals surface area contributed by atoms with Crippen LogP contribution in [0.15, 0.2) is 24.3 Å². The summed E-state index contributed by atoms with van der Waals surface area (Å²) >= 11 is 0. The molecule has 1 saturated carbocycles. The molecular weight excluding hydrogens is 226 g/mol. The van der Waals surface area contributed by atoms with Crippen LogP contribution in [0.25, 0.3) is 0 Å². The lowest BCUT2D eigenvalue weighted by Gasteiger charge is -2.16. The molecule has 0 N–H and O–H groups in total. The SMILES string of the molecule is COc1ccc(C2CCN(C(=O)C3CC3)C2)cc1. The first-order valence-corrected chi connectivity index (χ1v) is 6.70. The Bertz CT molecular complexity index is 436. The minimum atomic E-state index is 0.347. The second-order valence-corrected chi connectivity index (χ2v) is 5.32. The largest absolute Gasteiger partial charge is 0.497 e. The normalized spacial score (nSPS) is 23.2. The summed E-state index contributed by atoms with van der Waals surface area (Å²) in [7, 11) is 1.68. The molecule has 96 valence electrons. The van der Waals surface area contributed by atoms with Gasteiger partial charge in [0.2, 0.25) is 5.91 Å². The van der Waals surface area contributed by atoms with Gasteiger partial charge in [0.1, 0.15) is 5.75 Å². The Balaban J connectivity index is 1.65. The third kappa shape index (κ3) is 2.22. The van der Waals surface area contributed by atoms with Crippen molar-refractivity contribution >= 4 is 5.91 Å². The molecule has 1 aromatic rings. The highest BCUT2D eigenvalue weighted by molar-refractivity contribution is 5.81. The predicted octanol–water partition coefficient (Wildman–Crippen LogP) is 2.42. The topological polar surface area (TPSA) is 29.5 Å². The zero-order valence-electron chi connectivity index (χ0n) is 10.8. The fourth-order valence-electron chi connectivity index (χ4n) is 2.70. The van der Waals surface area contributed by atoms with E-state index in [9.17, 15) is 4.79 Å². The van der Waals surface area contributed by atoms with Gasteiger partial charge >= 0.3 is 0 Å². The quantitative estimate of drug-likeness (QED) is 0.818. The van der Waals surface area contributed by atoms with E-state index in [1.807, 2.05) is 17.0 Å². The Morgan fingerprint density at radius 3 is 2.56 bits per heavy atom. The molecule has 0 aromatic heterocycles. The summed E-state index contributed by atoms with van der Waals surface area (Å²) in [5.74, 6) is 2.12. The van der Waals surface area contributed by atoms with Crippen molar-refractivity contribution in [2.45, 2.75) is 25.2 Å². The van der Waals surface area contributed by atoms with Crippen molar-refractivity contribution in [1.82, 2.24) is 4.90 Å². The summed E-state index contributed by atoms with van der Waals surface area (Å²) in [5.41, 5.74) is 1.32.